The molecule has 0 saturated heterocycles. The molecule has 0 fully saturated rings. The van der Waals surface area contributed by atoms with Crippen molar-refractivity contribution in [2.24, 2.45) is 0 Å². The molecule has 8 nitrogen and oxygen atoms in total. The van der Waals surface area contributed by atoms with E-state index in [0.717, 1.165) is 5.69 Å². The normalized spacial score (nSPS) is 11.2. The summed E-state index contributed by atoms with van der Waals surface area (Å²) in [7, 11) is 0. The highest BCUT2D eigenvalue weighted by Crippen LogP contribution is 2.28. The third-order valence-electron chi connectivity index (χ3n) is 4.20. The van der Waals surface area contributed by atoms with E-state index >= 15 is 0 Å². The molecule has 0 spiro atoms. The van der Waals surface area contributed by atoms with Crippen LogP contribution in [0.4, 0.5) is 22.0 Å². The van der Waals surface area contributed by atoms with Crippen molar-refractivity contribution in [3.8, 4) is 5.69 Å². The van der Waals surface area contributed by atoms with Crippen molar-refractivity contribution in [2.45, 2.75) is 26.2 Å². The molecule has 0 atom stereocenters. The van der Waals surface area contributed by atoms with Crippen molar-refractivity contribution in [3.05, 3.63) is 74.4 Å². The second-order valence-corrected chi connectivity index (χ2v) is 8.40. The number of urea groups is 1. The number of carbonyl (C=O) groups is 1. The minimum Gasteiger partial charge on any atom is -0.306 e. The summed E-state index contributed by atoms with van der Waals surface area (Å²) in [6.45, 7) is 5.98. The maximum Gasteiger partial charge on any atom is 0.324 e. The predicted molar refractivity (Wildman–Crippen MR) is 118 cm³/mol. The van der Waals surface area contributed by atoms with Gasteiger partial charge in [-0.2, -0.15) is 5.10 Å². The minimum atomic E-state index is -0.525. The van der Waals surface area contributed by atoms with Crippen molar-refractivity contribution < 1.29 is 9.72 Å². The summed E-state index contributed by atoms with van der Waals surface area (Å²) in [6.07, 6.45) is 0. The van der Waals surface area contributed by atoms with Crippen molar-refractivity contribution in [2.75, 3.05) is 10.6 Å². The van der Waals surface area contributed by atoms with Crippen LogP contribution in [-0.2, 0) is 5.41 Å². The summed E-state index contributed by atoms with van der Waals surface area (Å²) < 4.78 is 1.52. The standard InChI is InChI=1S/C20H19Cl2N5O3/c1-20(2,3)17-11-18(24-19(28)23-16-9-4-12(21)10-15(16)22)26(25-17)13-5-7-14(8-6-13)27(29)30/h4-11H,1-3H3,(H2,23,24,28). The number of benzene rings is 2. The highest BCUT2D eigenvalue weighted by atomic mass is 35.5. The van der Waals surface area contributed by atoms with Gasteiger partial charge in [0, 0.05) is 28.6 Å². The maximum atomic E-state index is 12.6. The van der Waals surface area contributed by atoms with Gasteiger partial charge < -0.3 is 5.32 Å². The van der Waals surface area contributed by atoms with Crippen LogP contribution in [0.5, 0.6) is 0 Å². The molecule has 3 rings (SSSR count). The number of non-ortho nitro benzene ring substituents is 1. The Morgan fingerprint density at radius 3 is 2.30 bits per heavy atom. The molecule has 0 bridgehead atoms. The first-order chi connectivity index (χ1) is 14.0. The Balaban J connectivity index is 1.91. The number of halogens is 2. The fraction of sp³-hybridized carbons (Fsp3) is 0.200. The molecule has 156 valence electrons. The largest absolute Gasteiger partial charge is 0.324 e. The van der Waals surface area contributed by atoms with Gasteiger partial charge in [-0.1, -0.05) is 44.0 Å². The van der Waals surface area contributed by atoms with E-state index in [1.807, 2.05) is 20.8 Å². The topological polar surface area (TPSA) is 102 Å². The van der Waals surface area contributed by atoms with E-state index in [1.54, 1.807) is 30.3 Å². The van der Waals surface area contributed by atoms with E-state index in [-0.39, 0.29) is 11.1 Å². The molecule has 0 aliphatic carbocycles. The SMILES string of the molecule is CC(C)(C)c1cc(NC(=O)Nc2ccc(Cl)cc2Cl)n(-c2ccc([N+](=O)[O-])cc2)n1. The van der Waals surface area contributed by atoms with Gasteiger partial charge in [0.25, 0.3) is 5.69 Å². The zero-order valence-electron chi connectivity index (χ0n) is 16.4. The van der Waals surface area contributed by atoms with Crippen LogP contribution < -0.4 is 10.6 Å². The van der Waals surface area contributed by atoms with Crippen LogP contribution in [-0.4, -0.2) is 20.7 Å². The van der Waals surface area contributed by atoms with Crippen LogP contribution in [0.2, 0.25) is 10.0 Å². The Kier molecular flexibility index (Phi) is 6.00. The summed E-state index contributed by atoms with van der Waals surface area (Å²) in [5.74, 6) is 0.399. The smallest absolute Gasteiger partial charge is 0.306 e. The van der Waals surface area contributed by atoms with E-state index in [1.165, 1.54) is 22.9 Å². The first-order valence-corrected chi connectivity index (χ1v) is 9.68. The lowest BCUT2D eigenvalue weighted by Crippen LogP contribution is -2.21. The van der Waals surface area contributed by atoms with E-state index in [2.05, 4.69) is 15.7 Å². The van der Waals surface area contributed by atoms with Gasteiger partial charge in [-0.25, -0.2) is 9.48 Å². The van der Waals surface area contributed by atoms with Crippen LogP contribution in [0, 0.1) is 10.1 Å². The molecule has 0 aliphatic rings. The number of amides is 2. The molecule has 2 N–H and O–H groups in total. The van der Waals surface area contributed by atoms with Gasteiger partial charge in [0.2, 0.25) is 0 Å². The van der Waals surface area contributed by atoms with Gasteiger partial charge in [-0.3, -0.25) is 15.4 Å². The lowest BCUT2D eigenvalue weighted by Gasteiger charge is -2.14. The molecular weight excluding hydrogens is 429 g/mol. The van der Waals surface area contributed by atoms with Crippen molar-refractivity contribution in [3.63, 3.8) is 0 Å². The van der Waals surface area contributed by atoms with Gasteiger partial charge in [0.1, 0.15) is 5.82 Å². The van der Waals surface area contributed by atoms with E-state index < -0.39 is 11.0 Å². The number of aromatic nitrogens is 2. The highest BCUT2D eigenvalue weighted by molar-refractivity contribution is 6.36. The number of nitro groups is 1. The number of hydrogen-bond donors (Lipinski definition) is 2. The zero-order chi connectivity index (χ0) is 22.1. The quantitative estimate of drug-likeness (QED) is 0.376. The predicted octanol–water partition coefficient (Wildman–Crippen LogP) is 6.03. The highest BCUT2D eigenvalue weighted by Gasteiger charge is 2.22. The molecule has 0 radical (unpaired) electrons. The minimum absolute atomic E-state index is 0.0356. The third-order valence-corrected chi connectivity index (χ3v) is 4.75. The molecule has 30 heavy (non-hydrogen) atoms. The fourth-order valence-electron chi connectivity index (χ4n) is 2.61. The average Bonchev–Trinajstić information content (AvgIpc) is 3.08. The van der Waals surface area contributed by atoms with Crippen molar-refractivity contribution in [1.29, 1.82) is 0 Å². The Hall–Kier alpha value is -3.10. The molecule has 10 heteroatoms. The van der Waals surface area contributed by atoms with Gasteiger partial charge in [-0.05, 0) is 30.3 Å². The number of rotatable bonds is 4. The van der Waals surface area contributed by atoms with Crippen LogP contribution in [0.1, 0.15) is 26.5 Å². The van der Waals surface area contributed by atoms with E-state index in [4.69, 9.17) is 23.2 Å². The third kappa shape index (κ3) is 4.90. The molecular formula is C20H19Cl2N5O3. The number of nitrogens with zero attached hydrogens (tertiary/aromatic N) is 3. The summed E-state index contributed by atoms with van der Waals surface area (Å²) in [5, 5.41) is 21.7. The fourth-order valence-corrected chi connectivity index (χ4v) is 3.07. The van der Waals surface area contributed by atoms with E-state index in [9.17, 15) is 14.9 Å². The number of nitrogens with one attached hydrogen (secondary N) is 2. The molecule has 0 aliphatic heterocycles. The Bertz CT molecular complexity index is 1100. The molecule has 2 amide bonds. The Labute approximate surface area is 182 Å². The zero-order valence-corrected chi connectivity index (χ0v) is 18.0. The lowest BCUT2D eigenvalue weighted by atomic mass is 9.92. The maximum absolute atomic E-state index is 12.6. The van der Waals surface area contributed by atoms with E-state index in [0.29, 0.717) is 27.2 Å². The van der Waals surface area contributed by atoms with Gasteiger partial charge in [0.15, 0.2) is 0 Å². The second-order valence-electron chi connectivity index (χ2n) is 7.55. The number of anilines is 2. The summed E-state index contributed by atoms with van der Waals surface area (Å²) in [4.78, 5) is 23.0. The summed E-state index contributed by atoms with van der Waals surface area (Å²) in [6, 6.07) is 11.9. The Morgan fingerprint density at radius 2 is 1.73 bits per heavy atom. The summed E-state index contributed by atoms with van der Waals surface area (Å²) in [5.41, 5.74) is 1.39. The Morgan fingerprint density at radius 1 is 1.07 bits per heavy atom. The van der Waals surface area contributed by atoms with Crippen LogP contribution in [0.3, 0.4) is 0 Å². The molecule has 3 aromatic rings. The van der Waals surface area contributed by atoms with Crippen molar-refractivity contribution in [1.82, 2.24) is 9.78 Å². The van der Waals surface area contributed by atoms with Gasteiger partial charge in [0.05, 0.1) is 27.0 Å². The molecule has 1 aromatic heterocycles. The van der Waals surface area contributed by atoms with Crippen LogP contribution in [0.25, 0.3) is 5.69 Å². The van der Waals surface area contributed by atoms with Crippen LogP contribution >= 0.6 is 23.2 Å². The molecule has 0 saturated carbocycles. The van der Waals surface area contributed by atoms with Gasteiger partial charge in [-0.15, -0.1) is 0 Å². The number of nitro benzene ring substituents is 1. The summed E-state index contributed by atoms with van der Waals surface area (Å²) >= 11 is 12.0. The second kappa shape index (κ2) is 8.33. The lowest BCUT2D eigenvalue weighted by molar-refractivity contribution is -0.384. The monoisotopic (exact) mass is 447 g/mol. The first kappa shape index (κ1) is 21.6. The first-order valence-electron chi connectivity index (χ1n) is 8.93. The average molecular weight is 448 g/mol. The molecule has 2 aromatic carbocycles. The molecule has 1 heterocycles. The number of hydrogen-bond acceptors (Lipinski definition) is 4. The van der Waals surface area contributed by atoms with Gasteiger partial charge >= 0.3 is 6.03 Å². The van der Waals surface area contributed by atoms with Crippen LogP contribution in [0.15, 0.2) is 48.5 Å². The molecule has 0 unspecified atom stereocenters. The van der Waals surface area contributed by atoms with Crippen molar-refractivity contribution >= 4 is 46.4 Å². The number of carbonyl (C=O) groups excluding carboxylic acids is 1.